The SMILES string of the molecule is FC(F)(F)c1ccn(-c2nc(C(c3ccccc3)(c3ccccc3)c3ccc(-c4ccccc4)c(-n4ccc(C(F)(F)F)n4)n3)ccc2-c2ccccc2)n1. The summed E-state index contributed by atoms with van der Waals surface area (Å²) in [7, 11) is 0. The molecule has 12 heteroatoms. The first kappa shape index (κ1) is 35.2. The van der Waals surface area contributed by atoms with Crippen molar-refractivity contribution in [1.82, 2.24) is 29.5 Å². The number of aromatic nitrogens is 6. The second kappa shape index (κ2) is 13.9. The zero-order valence-corrected chi connectivity index (χ0v) is 28.6. The van der Waals surface area contributed by atoms with Crippen LogP contribution in [0.1, 0.15) is 33.9 Å². The molecule has 0 aliphatic carbocycles. The van der Waals surface area contributed by atoms with Crippen molar-refractivity contribution in [3.8, 4) is 33.9 Å². The van der Waals surface area contributed by atoms with E-state index in [4.69, 9.17) is 9.97 Å². The lowest BCUT2D eigenvalue weighted by atomic mass is 9.69. The summed E-state index contributed by atoms with van der Waals surface area (Å²) in [6, 6.07) is 45.8. The average Bonchev–Trinajstić information content (AvgIpc) is 3.92. The molecule has 0 atom stereocenters. The number of hydrogen-bond donors (Lipinski definition) is 0. The van der Waals surface area contributed by atoms with Crippen molar-refractivity contribution in [2.45, 2.75) is 17.8 Å². The molecule has 6 nitrogen and oxygen atoms in total. The number of benzene rings is 4. The van der Waals surface area contributed by atoms with Crippen LogP contribution >= 0.6 is 0 Å². The van der Waals surface area contributed by atoms with E-state index in [1.165, 1.54) is 12.4 Å². The minimum Gasteiger partial charge on any atom is -0.231 e. The molecule has 0 N–H and O–H groups in total. The third kappa shape index (κ3) is 6.56. The topological polar surface area (TPSA) is 61.4 Å². The van der Waals surface area contributed by atoms with Crippen LogP contribution in [0.4, 0.5) is 26.3 Å². The third-order valence-electron chi connectivity index (χ3n) is 9.29. The van der Waals surface area contributed by atoms with Crippen LogP contribution < -0.4 is 0 Å². The highest BCUT2D eigenvalue weighted by molar-refractivity contribution is 5.74. The lowest BCUT2D eigenvalue weighted by molar-refractivity contribution is -0.142. The van der Waals surface area contributed by atoms with Crippen molar-refractivity contribution in [1.29, 1.82) is 0 Å². The smallest absolute Gasteiger partial charge is 0.231 e. The maximum Gasteiger partial charge on any atom is 0.435 e. The fraction of sp³-hybridized carbons (Fsp3) is 0.0698. The highest BCUT2D eigenvalue weighted by Gasteiger charge is 2.43. The molecule has 0 bridgehead atoms. The number of rotatable bonds is 8. The lowest BCUT2D eigenvalue weighted by Gasteiger charge is -2.35. The molecule has 0 saturated carbocycles. The Labute approximate surface area is 311 Å². The summed E-state index contributed by atoms with van der Waals surface area (Å²) in [6.45, 7) is 0. The zero-order valence-electron chi connectivity index (χ0n) is 28.6. The van der Waals surface area contributed by atoms with Crippen molar-refractivity contribution < 1.29 is 26.3 Å². The van der Waals surface area contributed by atoms with Crippen molar-refractivity contribution >= 4 is 0 Å². The fourth-order valence-corrected chi connectivity index (χ4v) is 6.80. The standard InChI is InChI=1S/C43H28F6N6/c44-42(45,46)37-25-27-54(52-37)39-33(29-13-5-1-6-14-29)21-23-35(50-39)41(31-17-9-3-10-18-31,32-19-11-4-12-20-32)36-24-22-34(30-15-7-2-8-16-30)40(51-36)55-28-26-38(53-55)43(47,48)49/h1-28H. The lowest BCUT2D eigenvalue weighted by Crippen LogP contribution is -2.34. The molecule has 0 spiro atoms. The Bertz CT molecular complexity index is 2380. The van der Waals surface area contributed by atoms with Gasteiger partial charge in [0.15, 0.2) is 23.0 Å². The van der Waals surface area contributed by atoms with E-state index in [1.54, 1.807) is 24.3 Å². The summed E-state index contributed by atoms with van der Waals surface area (Å²) in [5.74, 6) is 0.247. The van der Waals surface area contributed by atoms with Gasteiger partial charge in [-0.25, -0.2) is 19.3 Å². The van der Waals surface area contributed by atoms with E-state index in [2.05, 4.69) is 10.2 Å². The van der Waals surface area contributed by atoms with E-state index < -0.39 is 29.2 Å². The first-order valence-corrected chi connectivity index (χ1v) is 17.0. The van der Waals surface area contributed by atoms with Gasteiger partial charge in [-0.15, -0.1) is 0 Å². The van der Waals surface area contributed by atoms with Crippen LogP contribution in [0.25, 0.3) is 33.9 Å². The second-order valence-corrected chi connectivity index (χ2v) is 12.6. The van der Waals surface area contributed by atoms with Crippen molar-refractivity contribution in [2.24, 2.45) is 0 Å². The van der Waals surface area contributed by atoms with Gasteiger partial charge in [0, 0.05) is 23.5 Å². The van der Waals surface area contributed by atoms with Gasteiger partial charge in [-0.3, -0.25) is 0 Å². The second-order valence-electron chi connectivity index (χ2n) is 12.6. The number of pyridine rings is 2. The molecule has 4 heterocycles. The Morgan fingerprint density at radius 2 is 0.709 bits per heavy atom. The van der Waals surface area contributed by atoms with Crippen molar-refractivity contribution in [3.63, 3.8) is 0 Å². The Morgan fingerprint density at radius 3 is 1.04 bits per heavy atom. The first-order valence-electron chi connectivity index (χ1n) is 17.0. The predicted octanol–water partition coefficient (Wildman–Crippen LogP) is 10.6. The highest BCUT2D eigenvalue weighted by atomic mass is 19.4. The minimum absolute atomic E-state index is 0.124. The molecule has 0 fully saturated rings. The van der Waals surface area contributed by atoms with Gasteiger partial charge in [-0.1, -0.05) is 121 Å². The van der Waals surface area contributed by atoms with E-state index in [0.717, 1.165) is 21.5 Å². The third-order valence-corrected chi connectivity index (χ3v) is 9.29. The van der Waals surface area contributed by atoms with Crippen LogP contribution in [-0.2, 0) is 17.8 Å². The van der Waals surface area contributed by atoms with E-state index in [1.807, 2.05) is 121 Å². The maximum atomic E-state index is 13.9. The molecule has 0 amide bonds. The van der Waals surface area contributed by atoms with Gasteiger partial charge < -0.3 is 0 Å². The maximum absolute atomic E-state index is 13.9. The molecule has 0 aliphatic heterocycles. The summed E-state index contributed by atoms with van der Waals surface area (Å²) >= 11 is 0. The van der Waals surface area contributed by atoms with E-state index in [0.29, 0.717) is 44.8 Å². The minimum atomic E-state index is -4.70. The van der Waals surface area contributed by atoms with Gasteiger partial charge in [0.25, 0.3) is 0 Å². The average molecular weight is 743 g/mol. The Balaban J connectivity index is 1.46. The Morgan fingerprint density at radius 1 is 0.364 bits per heavy atom. The summed E-state index contributed by atoms with van der Waals surface area (Å²) in [5.41, 5.74) is 0.966. The number of halogens is 6. The Hall–Kier alpha value is -6.82. The molecular formula is C43H28F6N6. The molecule has 8 rings (SSSR count). The first-order chi connectivity index (χ1) is 26.5. The van der Waals surface area contributed by atoms with Gasteiger partial charge in [0.05, 0.1) is 11.4 Å². The monoisotopic (exact) mass is 742 g/mol. The van der Waals surface area contributed by atoms with Gasteiger partial charge in [0.2, 0.25) is 0 Å². The molecule has 55 heavy (non-hydrogen) atoms. The fourth-order valence-electron chi connectivity index (χ4n) is 6.80. The van der Waals surface area contributed by atoms with E-state index in [-0.39, 0.29) is 11.6 Å². The van der Waals surface area contributed by atoms with E-state index in [9.17, 15) is 26.3 Å². The van der Waals surface area contributed by atoms with Gasteiger partial charge in [0.1, 0.15) is 5.41 Å². The van der Waals surface area contributed by atoms with Gasteiger partial charge in [-0.05, 0) is 58.7 Å². The molecule has 0 radical (unpaired) electrons. The van der Waals surface area contributed by atoms with E-state index >= 15 is 0 Å². The quantitative estimate of drug-likeness (QED) is 0.146. The zero-order chi connectivity index (χ0) is 38.2. The number of nitrogens with zero attached hydrogens (tertiary/aromatic N) is 6. The van der Waals surface area contributed by atoms with Crippen molar-refractivity contribution in [3.05, 3.63) is 204 Å². The summed E-state index contributed by atoms with van der Waals surface area (Å²) in [6.07, 6.45) is -6.97. The van der Waals surface area contributed by atoms with Crippen LogP contribution in [-0.4, -0.2) is 29.5 Å². The predicted molar refractivity (Wildman–Crippen MR) is 195 cm³/mol. The molecule has 272 valence electrons. The molecule has 8 aromatic rings. The van der Waals surface area contributed by atoms with Crippen LogP contribution in [0.5, 0.6) is 0 Å². The molecule has 0 saturated heterocycles. The summed E-state index contributed by atoms with van der Waals surface area (Å²) < 4.78 is 85.6. The largest absolute Gasteiger partial charge is 0.435 e. The Kier molecular flexibility index (Phi) is 8.88. The van der Waals surface area contributed by atoms with Crippen LogP contribution in [0, 0.1) is 0 Å². The molecule has 0 aliphatic rings. The molecule has 4 aromatic heterocycles. The summed E-state index contributed by atoms with van der Waals surface area (Å²) in [4.78, 5) is 10.3. The summed E-state index contributed by atoms with van der Waals surface area (Å²) in [5, 5.41) is 7.82. The molecule has 4 aromatic carbocycles. The molecule has 0 unspecified atom stereocenters. The van der Waals surface area contributed by atoms with Crippen LogP contribution in [0.2, 0.25) is 0 Å². The van der Waals surface area contributed by atoms with Crippen LogP contribution in [0.3, 0.4) is 0 Å². The normalized spacial score (nSPS) is 12.2. The number of alkyl halides is 6. The van der Waals surface area contributed by atoms with Crippen molar-refractivity contribution in [2.75, 3.05) is 0 Å². The van der Waals surface area contributed by atoms with Crippen LogP contribution in [0.15, 0.2) is 170 Å². The number of hydrogen-bond acceptors (Lipinski definition) is 4. The molecular weight excluding hydrogens is 715 g/mol. The van der Waals surface area contributed by atoms with Gasteiger partial charge in [-0.2, -0.15) is 36.5 Å². The van der Waals surface area contributed by atoms with Gasteiger partial charge >= 0.3 is 12.4 Å². The highest BCUT2D eigenvalue weighted by Crippen LogP contribution is 2.46.